The average molecular weight is 468 g/mol. The molecule has 3 heterocycles. The van der Waals surface area contributed by atoms with Gasteiger partial charge >= 0.3 is 0 Å². The monoisotopic (exact) mass is 468 g/mol. The lowest BCUT2D eigenvalue weighted by Crippen LogP contribution is -2.20. The van der Waals surface area contributed by atoms with Gasteiger partial charge in [0.25, 0.3) is 5.56 Å². The fourth-order valence-corrected chi connectivity index (χ4v) is 3.97. The molecule has 0 N–H and O–H groups in total. The Morgan fingerprint density at radius 3 is 2.57 bits per heavy atom. The highest BCUT2D eigenvalue weighted by atomic mass is 19.1. The summed E-state index contributed by atoms with van der Waals surface area (Å²) in [7, 11) is 0. The summed E-state index contributed by atoms with van der Waals surface area (Å²) in [5.74, 6) is -0.229. The molecule has 0 aliphatic rings. The first kappa shape index (κ1) is 22.2. The summed E-state index contributed by atoms with van der Waals surface area (Å²) in [6.45, 7) is 3.37. The lowest BCUT2D eigenvalue weighted by Gasteiger charge is -2.11. The van der Waals surface area contributed by atoms with Gasteiger partial charge in [-0.3, -0.25) is 14.0 Å². The van der Waals surface area contributed by atoms with Crippen LogP contribution in [-0.4, -0.2) is 31.6 Å². The summed E-state index contributed by atoms with van der Waals surface area (Å²) in [4.78, 5) is 30.5. The molecule has 0 radical (unpaired) electrons. The van der Waals surface area contributed by atoms with E-state index in [0.717, 1.165) is 5.69 Å². The molecule has 5 rings (SSSR count). The van der Waals surface area contributed by atoms with Gasteiger partial charge in [-0.2, -0.15) is 5.10 Å². The van der Waals surface area contributed by atoms with Crippen molar-refractivity contribution in [2.45, 2.75) is 13.8 Å². The zero-order valence-corrected chi connectivity index (χ0v) is 19.1. The van der Waals surface area contributed by atoms with E-state index in [2.05, 4.69) is 10.1 Å². The number of hydrogen-bond acceptors (Lipinski definition) is 5. The number of halogens is 1. The number of pyridine rings is 1. The van der Waals surface area contributed by atoms with E-state index in [4.69, 9.17) is 4.74 Å². The van der Waals surface area contributed by atoms with Crippen molar-refractivity contribution in [2.75, 3.05) is 6.61 Å². The average Bonchev–Trinajstić information content (AvgIpc) is 3.24. The molecule has 174 valence electrons. The lowest BCUT2D eigenvalue weighted by molar-refractivity contribution is 0.0922. The van der Waals surface area contributed by atoms with Gasteiger partial charge < -0.3 is 4.74 Å². The van der Waals surface area contributed by atoms with Crippen LogP contribution in [0, 0.1) is 19.7 Å². The van der Waals surface area contributed by atoms with E-state index in [1.165, 1.54) is 16.5 Å². The van der Waals surface area contributed by atoms with Crippen molar-refractivity contribution < 1.29 is 13.9 Å². The Morgan fingerprint density at radius 2 is 1.80 bits per heavy atom. The lowest BCUT2D eigenvalue weighted by atomic mass is 10.1. The molecule has 0 unspecified atom stereocenters. The maximum Gasteiger partial charge on any atom is 0.267 e. The summed E-state index contributed by atoms with van der Waals surface area (Å²) in [5.41, 5.74) is 3.05. The van der Waals surface area contributed by atoms with Crippen LogP contribution in [0.1, 0.15) is 21.7 Å². The molecular weight excluding hydrogens is 447 g/mol. The number of carbonyl (C=O) groups is 1. The smallest absolute Gasteiger partial charge is 0.267 e. The Balaban J connectivity index is 1.52. The predicted octanol–water partition coefficient (Wildman–Crippen LogP) is 4.56. The Labute approximate surface area is 200 Å². The van der Waals surface area contributed by atoms with Crippen LogP contribution in [0.25, 0.3) is 22.6 Å². The molecule has 0 bridgehead atoms. The van der Waals surface area contributed by atoms with Gasteiger partial charge in [0.05, 0.1) is 16.9 Å². The number of Topliss-reactive ketones (excluding diaryl/α,β-unsaturated/α-hetero) is 1. The predicted molar refractivity (Wildman–Crippen MR) is 130 cm³/mol. The van der Waals surface area contributed by atoms with E-state index in [-0.39, 0.29) is 23.8 Å². The number of benzene rings is 2. The number of aryl methyl sites for hydroxylation is 2. The summed E-state index contributed by atoms with van der Waals surface area (Å²) in [5, 5.41) is 4.56. The van der Waals surface area contributed by atoms with E-state index < -0.39 is 0 Å². The largest absolute Gasteiger partial charge is 0.482 e. The van der Waals surface area contributed by atoms with E-state index >= 15 is 0 Å². The first-order valence-corrected chi connectivity index (χ1v) is 11.0. The minimum Gasteiger partial charge on any atom is -0.482 e. The van der Waals surface area contributed by atoms with Crippen molar-refractivity contribution in [3.63, 3.8) is 0 Å². The van der Waals surface area contributed by atoms with Crippen LogP contribution in [0.4, 0.5) is 4.39 Å². The maximum atomic E-state index is 13.7. The number of ketones is 1. The third kappa shape index (κ3) is 4.21. The van der Waals surface area contributed by atoms with Gasteiger partial charge in [0.1, 0.15) is 11.5 Å². The third-order valence-electron chi connectivity index (χ3n) is 5.65. The number of fused-ring (bicyclic) bond motifs is 1. The third-order valence-corrected chi connectivity index (χ3v) is 5.65. The van der Waals surface area contributed by atoms with Crippen molar-refractivity contribution in [3.8, 4) is 22.7 Å². The highest BCUT2D eigenvalue weighted by Gasteiger charge is 2.19. The second-order valence-electron chi connectivity index (χ2n) is 8.08. The maximum absolute atomic E-state index is 13.7. The van der Waals surface area contributed by atoms with Crippen molar-refractivity contribution in [1.29, 1.82) is 0 Å². The quantitative estimate of drug-likeness (QED) is 0.341. The summed E-state index contributed by atoms with van der Waals surface area (Å²) in [6, 6.07) is 20.0. The van der Waals surface area contributed by atoms with Gasteiger partial charge in [-0.05, 0) is 50.2 Å². The summed E-state index contributed by atoms with van der Waals surface area (Å²) < 4.78 is 22.4. The van der Waals surface area contributed by atoms with E-state index in [9.17, 15) is 14.0 Å². The van der Waals surface area contributed by atoms with E-state index in [1.807, 2.05) is 13.0 Å². The minimum absolute atomic E-state index is 0.179. The van der Waals surface area contributed by atoms with Gasteiger partial charge in [-0.1, -0.05) is 36.4 Å². The van der Waals surface area contributed by atoms with Crippen LogP contribution < -0.4 is 10.3 Å². The van der Waals surface area contributed by atoms with Crippen LogP contribution in [0.15, 0.2) is 83.8 Å². The van der Waals surface area contributed by atoms with Crippen molar-refractivity contribution in [1.82, 2.24) is 19.2 Å². The molecule has 0 aliphatic carbocycles. The molecule has 0 amide bonds. The van der Waals surface area contributed by atoms with Crippen molar-refractivity contribution >= 4 is 11.4 Å². The summed E-state index contributed by atoms with van der Waals surface area (Å²) in [6.07, 6.45) is 1.59. The van der Waals surface area contributed by atoms with Crippen molar-refractivity contribution in [3.05, 3.63) is 112 Å². The minimum atomic E-state index is -0.374. The molecule has 7 nitrogen and oxygen atoms in total. The normalized spacial score (nSPS) is 11.1. The molecular formula is C27H21FN4O3. The number of rotatable bonds is 6. The Morgan fingerprint density at radius 1 is 1.00 bits per heavy atom. The second kappa shape index (κ2) is 8.98. The molecule has 2 aromatic carbocycles. The van der Waals surface area contributed by atoms with Crippen LogP contribution in [-0.2, 0) is 0 Å². The first-order chi connectivity index (χ1) is 16.9. The number of carbonyl (C=O) groups excluding carboxylic acids is 1. The van der Waals surface area contributed by atoms with E-state index in [0.29, 0.717) is 39.6 Å². The van der Waals surface area contributed by atoms with Crippen LogP contribution in [0.2, 0.25) is 0 Å². The zero-order valence-electron chi connectivity index (χ0n) is 19.1. The highest BCUT2D eigenvalue weighted by molar-refractivity contribution is 5.97. The SMILES string of the molecule is Cc1nc2c(OCC(=O)c3ccccc3)cccn2c(=O)c1-c1cc(C)n(-c2cccc(F)c2)n1. The topological polar surface area (TPSA) is 78.5 Å². The number of nitrogens with zero attached hydrogens (tertiary/aromatic N) is 4. The van der Waals surface area contributed by atoms with Crippen LogP contribution in [0.3, 0.4) is 0 Å². The second-order valence-corrected chi connectivity index (χ2v) is 8.08. The van der Waals surface area contributed by atoms with Crippen LogP contribution in [0.5, 0.6) is 5.75 Å². The fraction of sp³-hybridized carbons (Fsp3) is 0.111. The molecule has 0 atom stereocenters. The van der Waals surface area contributed by atoms with Gasteiger partial charge in [-0.15, -0.1) is 0 Å². The van der Waals surface area contributed by atoms with Gasteiger partial charge in [0, 0.05) is 17.5 Å². The number of hydrogen-bond donors (Lipinski definition) is 0. The zero-order chi connectivity index (χ0) is 24.5. The summed E-state index contributed by atoms with van der Waals surface area (Å²) >= 11 is 0. The molecule has 3 aromatic heterocycles. The molecule has 8 heteroatoms. The van der Waals surface area contributed by atoms with Gasteiger partial charge in [0.15, 0.2) is 23.8 Å². The molecule has 0 saturated heterocycles. The fourth-order valence-electron chi connectivity index (χ4n) is 3.97. The van der Waals surface area contributed by atoms with Gasteiger partial charge in [0.2, 0.25) is 0 Å². The van der Waals surface area contributed by atoms with Crippen molar-refractivity contribution in [2.24, 2.45) is 0 Å². The molecule has 35 heavy (non-hydrogen) atoms. The molecule has 0 fully saturated rings. The number of aromatic nitrogens is 4. The number of ether oxygens (including phenoxy) is 1. The molecule has 0 spiro atoms. The standard InChI is InChI=1S/C27H21FN4O3/c1-17-14-22(30-32(17)21-11-6-10-20(28)15-21)25-18(2)29-26-24(12-7-13-31(26)27(25)34)35-16-23(33)19-8-4-3-5-9-19/h3-15H,16H2,1-2H3. The highest BCUT2D eigenvalue weighted by Crippen LogP contribution is 2.24. The van der Waals surface area contributed by atoms with Crippen LogP contribution >= 0.6 is 0 Å². The molecule has 0 saturated carbocycles. The van der Waals surface area contributed by atoms with Gasteiger partial charge in [-0.25, -0.2) is 14.1 Å². The molecule has 5 aromatic rings. The van der Waals surface area contributed by atoms with E-state index in [1.54, 1.807) is 72.4 Å². The molecule has 0 aliphatic heterocycles. The Hall–Kier alpha value is -4.59. The first-order valence-electron chi connectivity index (χ1n) is 11.0. The Bertz CT molecular complexity index is 1620. The Kier molecular flexibility index (Phi) is 5.70.